The lowest BCUT2D eigenvalue weighted by Crippen LogP contribution is -2.26. The molecule has 0 aliphatic carbocycles. The summed E-state index contributed by atoms with van der Waals surface area (Å²) in [5.41, 5.74) is 3.30. The molecule has 0 spiro atoms. The molecular formula is C15H18N2O2. The maximum atomic E-state index is 11.2. The van der Waals surface area contributed by atoms with Crippen molar-refractivity contribution in [3.63, 3.8) is 0 Å². The number of methoxy groups -OCH3 is 1. The minimum absolute atomic E-state index is 0.230. The Balaban J connectivity index is 2.14. The average molecular weight is 258 g/mol. The number of esters is 1. The summed E-state index contributed by atoms with van der Waals surface area (Å²) in [6.45, 7) is 3.02. The predicted molar refractivity (Wildman–Crippen MR) is 74.8 cm³/mol. The van der Waals surface area contributed by atoms with Crippen LogP contribution in [0.5, 0.6) is 0 Å². The van der Waals surface area contributed by atoms with Crippen LogP contribution in [-0.2, 0) is 16.1 Å². The molecule has 2 rings (SSSR count). The number of aryl methyl sites for hydroxylation is 1. The SMILES string of the molecule is COC(=O)CN(C)Cc1cnc2ccc(C)cc2c1. The van der Waals surface area contributed by atoms with Crippen molar-refractivity contribution >= 4 is 16.9 Å². The van der Waals surface area contributed by atoms with Gasteiger partial charge in [-0.25, -0.2) is 0 Å². The number of aromatic nitrogens is 1. The van der Waals surface area contributed by atoms with E-state index in [1.165, 1.54) is 12.7 Å². The molecule has 4 heteroatoms. The van der Waals surface area contributed by atoms with Gasteiger partial charge < -0.3 is 4.74 Å². The van der Waals surface area contributed by atoms with Crippen molar-refractivity contribution < 1.29 is 9.53 Å². The number of rotatable bonds is 4. The van der Waals surface area contributed by atoms with Gasteiger partial charge in [-0.1, -0.05) is 11.6 Å². The Hall–Kier alpha value is -1.94. The molecule has 0 radical (unpaired) electrons. The molecule has 1 aromatic heterocycles. The third kappa shape index (κ3) is 3.51. The van der Waals surface area contributed by atoms with Crippen molar-refractivity contribution in [3.05, 3.63) is 41.6 Å². The number of pyridine rings is 1. The highest BCUT2D eigenvalue weighted by molar-refractivity contribution is 5.79. The Bertz CT molecular complexity index is 596. The molecule has 0 N–H and O–H groups in total. The van der Waals surface area contributed by atoms with Gasteiger partial charge in [0.25, 0.3) is 0 Å². The average Bonchev–Trinajstić information content (AvgIpc) is 2.37. The highest BCUT2D eigenvalue weighted by Gasteiger charge is 2.07. The molecule has 0 aliphatic heterocycles. The van der Waals surface area contributed by atoms with E-state index in [4.69, 9.17) is 0 Å². The van der Waals surface area contributed by atoms with E-state index in [1.807, 2.05) is 24.2 Å². The number of nitrogens with zero attached hydrogens (tertiary/aromatic N) is 2. The summed E-state index contributed by atoms with van der Waals surface area (Å²) in [5.74, 6) is -0.230. The molecule has 0 saturated carbocycles. The van der Waals surface area contributed by atoms with E-state index in [2.05, 4.69) is 34.8 Å². The standard InChI is InChI=1S/C15H18N2O2/c1-11-4-5-14-13(6-11)7-12(8-16-14)9-17(2)10-15(18)19-3/h4-8H,9-10H2,1-3H3. The first-order chi connectivity index (χ1) is 9.08. The topological polar surface area (TPSA) is 42.4 Å². The van der Waals surface area contributed by atoms with Gasteiger partial charge in [0, 0.05) is 18.1 Å². The Morgan fingerprint density at radius 3 is 2.89 bits per heavy atom. The molecule has 0 fully saturated rings. The van der Waals surface area contributed by atoms with Crippen LogP contribution < -0.4 is 0 Å². The quantitative estimate of drug-likeness (QED) is 0.788. The summed E-state index contributed by atoms with van der Waals surface area (Å²) in [4.78, 5) is 17.5. The molecule has 2 aromatic rings. The van der Waals surface area contributed by atoms with Crippen molar-refractivity contribution in [2.24, 2.45) is 0 Å². The number of hydrogen-bond donors (Lipinski definition) is 0. The second-order valence-corrected chi connectivity index (χ2v) is 4.79. The lowest BCUT2D eigenvalue weighted by Gasteiger charge is -2.15. The van der Waals surface area contributed by atoms with Gasteiger partial charge in [0.05, 0.1) is 19.2 Å². The van der Waals surface area contributed by atoms with Crippen LogP contribution in [0.25, 0.3) is 10.9 Å². The molecule has 19 heavy (non-hydrogen) atoms. The Morgan fingerprint density at radius 2 is 2.16 bits per heavy atom. The second kappa shape index (κ2) is 5.80. The fraction of sp³-hybridized carbons (Fsp3) is 0.333. The zero-order chi connectivity index (χ0) is 13.8. The smallest absolute Gasteiger partial charge is 0.319 e. The molecule has 4 nitrogen and oxygen atoms in total. The van der Waals surface area contributed by atoms with E-state index in [9.17, 15) is 4.79 Å². The highest BCUT2D eigenvalue weighted by Crippen LogP contribution is 2.15. The fourth-order valence-corrected chi connectivity index (χ4v) is 2.04. The molecule has 0 aliphatic rings. The summed E-state index contributed by atoms with van der Waals surface area (Å²) in [7, 11) is 3.29. The highest BCUT2D eigenvalue weighted by atomic mass is 16.5. The second-order valence-electron chi connectivity index (χ2n) is 4.79. The number of benzene rings is 1. The molecule has 0 atom stereocenters. The molecule has 1 heterocycles. The fourth-order valence-electron chi connectivity index (χ4n) is 2.04. The molecule has 0 bridgehead atoms. The number of ether oxygens (including phenoxy) is 1. The van der Waals surface area contributed by atoms with Crippen molar-refractivity contribution in [2.45, 2.75) is 13.5 Å². The van der Waals surface area contributed by atoms with E-state index >= 15 is 0 Å². The Morgan fingerprint density at radius 1 is 1.37 bits per heavy atom. The van der Waals surface area contributed by atoms with Crippen molar-refractivity contribution in [3.8, 4) is 0 Å². The molecule has 0 amide bonds. The summed E-state index contributed by atoms with van der Waals surface area (Å²) < 4.78 is 4.65. The third-order valence-corrected chi connectivity index (χ3v) is 2.97. The van der Waals surface area contributed by atoms with Crippen molar-refractivity contribution in [1.82, 2.24) is 9.88 Å². The monoisotopic (exact) mass is 258 g/mol. The van der Waals surface area contributed by atoms with Crippen LogP contribution in [0.15, 0.2) is 30.5 Å². The van der Waals surface area contributed by atoms with Gasteiger partial charge in [-0.2, -0.15) is 0 Å². The maximum absolute atomic E-state index is 11.2. The first-order valence-corrected chi connectivity index (χ1v) is 6.19. The predicted octanol–water partition coefficient (Wildman–Crippen LogP) is 2.15. The molecule has 0 unspecified atom stereocenters. The normalized spacial score (nSPS) is 10.9. The van der Waals surface area contributed by atoms with Crippen molar-refractivity contribution in [1.29, 1.82) is 0 Å². The minimum Gasteiger partial charge on any atom is -0.468 e. The first kappa shape index (κ1) is 13.5. The van der Waals surface area contributed by atoms with E-state index in [0.717, 1.165) is 16.5 Å². The number of carbonyl (C=O) groups is 1. The van der Waals surface area contributed by atoms with Crippen molar-refractivity contribution in [2.75, 3.05) is 20.7 Å². The number of likely N-dealkylation sites (N-methyl/N-ethyl adjacent to an activating group) is 1. The molecular weight excluding hydrogens is 240 g/mol. The lowest BCUT2D eigenvalue weighted by atomic mass is 10.1. The minimum atomic E-state index is -0.230. The van der Waals surface area contributed by atoms with Gasteiger partial charge >= 0.3 is 5.97 Å². The van der Waals surface area contributed by atoms with Crippen LogP contribution in [0.4, 0.5) is 0 Å². The Labute approximate surface area is 113 Å². The molecule has 1 aromatic carbocycles. The van der Waals surface area contributed by atoms with E-state index in [0.29, 0.717) is 6.54 Å². The van der Waals surface area contributed by atoms with E-state index in [1.54, 1.807) is 0 Å². The van der Waals surface area contributed by atoms with Gasteiger partial charge in [0.1, 0.15) is 0 Å². The zero-order valence-electron chi connectivity index (χ0n) is 11.5. The van der Waals surface area contributed by atoms with Crippen LogP contribution in [0, 0.1) is 6.92 Å². The van der Waals surface area contributed by atoms with Gasteiger partial charge in [0.15, 0.2) is 0 Å². The van der Waals surface area contributed by atoms with Gasteiger partial charge in [-0.15, -0.1) is 0 Å². The van der Waals surface area contributed by atoms with E-state index < -0.39 is 0 Å². The number of hydrogen-bond acceptors (Lipinski definition) is 4. The lowest BCUT2D eigenvalue weighted by molar-refractivity contribution is -0.141. The van der Waals surface area contributed by atoms with Gasteiger partial charge in [-0.05, 0) is 37.7 Å². The maximum Gasteiger partial charge on any atom is 0.319 e. The third-order valence-electron chi connectivity index (χ3n) is 2.97. The van der Waals surface area contributed by atoms with Gasteiger partial charge in [0.2, 0.25) is 0 Å². The van der Waals surface area contributed by atoms with Crippen LogP contribution in [0.1, 0.15) is 11.1 Å². The largest absolute Gasteiger partial charge is 0.468 e. The Kier molecular flexibility index (Phi) is 4.12. The molecule has 100 valence electrons. The summed E-state index contributed by atoms with van der Waals surface area (Å²) >= 11 is 0. The summed E-state index contributed by atoms with van der Waals surface area (Å²) in [6.07, 6.45) is 1.85. The number of fused-ring (bicyclic) bond motifs is 1. The van der Waals surface area contributed by atoms with Crippen LogP contribution in [0.2, 0.25) is 0 Å². The summed E-state index contributed by atoms with van der Waals surface area (Å²) in [6, 6.07) is 8.31. The number of carbonyl (C=O) groups excluding carboxylic acids is 1. The van der Waals surface area contributed by atoms with Crippen LogP contribution in [-0.4, -0.2) is 36.6 Å². The van der Waals surface area contributed by atoms with Gasteiger partial charge in [-0.3, -0.25) is 14.7 Å². The first-order valence-electron chi connectivity index (χ1n) is 6.19. The van der Waals surface area contributed by atoms with Crippen LogP contribution in [0.3, 0.4) is 0 Å². The molecule has 0 saturated heterocycles. The zero-order valence-corrected chi connectivity index (χ0v) is 11.5. The summed E-state index contributed by atoms with van der Waals surface area (Å²) in [5, 5.41) is 1.13. The van der Waals surface area contributed by atoms with Crippen LogP contribution >= 0.6 is 0 Å². The van der Waals surface area contributed by atoms with E-state index in [-0.39, 0.29) is 12.5 Å².